The first-order valence-corrected chi connectivity index (χ1v) is 4.52. The first-order valence-electron chi connectivity index (χ1n) is 3.73. The second-order valence-corrected chi connectivity index (χ2v) is 3.99. The average molecular weight is 233 g/mol. The van der Waals surface area contributed by atoms with E-state index in [4.69, 9.17) is 0 Å². The van der Waals surface area contributed by atoms with Gasteiger partial charge >= 0.3 is 0 Å². The molecule has 1 aromatic rings. The summed E-state index contributed by atoms with van der Waals surface area (Å²) in [4.78, 5) is 0. The average Bonchev–Trinajstić information content (AvgIpc) is 2.60. The van der Waals surface area contributed by atoms with Gasteiger partial charge < -0.3 is 0 Å². The fourth-order valence-electron chi connectivity index (χ4n) is 1.30. The SMILES string of the molecule is FC1(F)C[C@@H]1c1cccc(Br)c1. The van der Waals surface area contributed by atoms with Gasteiger partial charge in [0.05, 0.1) is 5.92 Å². The molecule has 1 fully saturated rings. The summed E-state index contributed by atoms with van der Waals surface area (Å²) >= 11 is 3.25. The number of benzene rings is 1. The summed E-state index contributed by atoms with van der Waals surface area (Å²) in [6, 6.07) is 7.12. The Hall–Kier alpha value is -0.440. The lowest BCUT2D eigenvalue weighted by Gasteiger charge is -1.98. The van der Waals surface area contributed by atoms with Crippen LogP contribution in [0.2, 0.25) is 0 Å². The van der Waals surface area contributed by atoms with E-state index in [9.17, 15) is 8.78 Å². The highest BCUT2D eigenvalue weighted by Crippen LogP contribution is 2.55. The maximum Gasteiger partial charge on any atom is 0.255 e. The molecule has 1 aromatic carbocycles. The lowest BCUT2D eigenvalue weighted by atomic mass is 10.1. The minimum atomic E-state index is -2.46. The van der Waals surface area contributed by atoms with Gasteiger partial charge in [0.2, 0.25) is 0 Å². The lowest BCUT2D eigenvalue weighted by molar-refractivity contribution is 0.112. The lowest BCUT2D eigenvalue weighted by Crippen LogP contribution is -1.92. The van der Waals surface area contributed by atoms with Crippen molar-refractivity contribution in [2.45, 2.75) is 18.3 Å². The van der Waals surface area contributed by atoms with Gasteiger partial charge in [-0.25, -0.2) is 8.78 Å². The van der Waals surface area contributed by atoms with Crippen LogP contribution in [0.25, 0.3) is 0 Å². The van der Waals surface area contributed by atoms with Crippen LogP contribution in [0, 0.1) is 0 Å². The smallest absolute Gasteiger partial charge is 0.206 e. The van der Waals surface area contributed by atoms with Crippen molar-refractivity contribution < 1.29 is 8.78 Å². The maximum atomic E-state index is 12.6. The molecule has 0 N–H and O–H groups in total. The van der Waals surface area contributed by atoms with Gasteiger partial charge in [0.1, 0.15) is 0 Å². The zero-order chi connectivity index (χ0) is 8.77. The number of alkyl halides is 2. The van der Waals surface area contributed by atoms with E-state index >= 15 is 0 Å². The molecule has 2 rings (SSSR count). The summed E-state index contributed by atoms with van der Waals surface area (Å²) in [5.41, 5.74) is 0.731. The summed E-state index contributed by atoms with van der Waals surface area (Å²) in [7, 11) is 0. The van der Waals surface area contributed by atoms with E-state index < -0.39 is 11.8 Å². The minimum Gasteiger partial charge on any atom is -0.206 e. The molecule has 1 atom stereocenters. The summed E-state index contributed by atoms with van der Waals surface area (Å²) in [5, 5.41) is 0. The van der Waals surface area contributed by atoms with E-state index in [1.165, 1.54) is 0 Å². The first-order chi connectivity index (χ1) is 5.59. The molecule has 0 amide bonds. The van der Waals surface area contributed by atoms with Gasteiger partial charge in [-0.3, -0.25) is 0 Å². The Morgan fingerprint density at radius 2 is 2.08 bits per heavy atom. The Kier molecular flexibility index (Phi) is 1.72. The highest BCUT2D eigenvalue weighted by molar-refractivity contribution is 9.10. The van der Waals surface area contributed by atoms with Gasteiger partial charge in [-0.1, -0.05) is 28.1 Å². The molecule has 0 aliphatic heterocycles. The molecule has 1 aliphatic rings. The number of hydrogen-bond donors (Lipinski definition) is 0. The molecule has 0 saturated heterocycles. The molecule has 0 aromatic heterocycles. The van der Waals surface area contributed by atoms with Crippen LogP contribution in [-0.4, -0.2) is 5.92 Å². The van der Waals surface area contributed by atoms with Crippen LogP contribution in [0.4, 0.5) is 8.78 Å². The Morgan fingerprint density at radius 3 is 2.58 bits per heavy atom. The minimum absolute atomic E-state index is 0.00343. The molecule has 1 saturated carbocycles. The van der Waals surface area contributed by atoms with Crippen molar-refractivity contribution in [3.8, 4) is 0 Å². The van der Waals surface area contributed by atoms with Gasteiger partial charge in [-0.05, 0) is 17.7 Å². The van der Waals surface area contributed by atoms with Gasteiger partial charge in [-0.2, -0.15) is 0 Å². The van der Waals surface area contributed by atoms with Crippen molar-refractivity contribution in [1.82, 2.24) is 0 Å². The van der Waals surface area contributed by atoms with Crippen LogP contribution in [0.3, 0.4) is 0 Å². The van der Waals surface area contributed by atoms with E-state index in [1.54, 1.807) is 18.2 Å². The van der Waals surface area contributed by atoms with Crippen LogP contribution < -0.4 is 0 Å². The van der Waals surface area contributed by atoms with Crippen molar-refractivity contribution in [3.63, 3.8) is 0 Å². The van der Waals surface area contributed by atoms with Gasteiger partial charge in [0, 0.05) is 10.9 Å². The number of hydrogen-bond acceptors (Lipinski definition) is 0. The summed E-state index contributed by atoms with van der Waals surface area (Å²) in [6.07, 6.45) is 0.00343. The van der Waals surface area contributed by atoms with Crippen LogP contribution in [0.5, 0.6) is 0 Å². The fraction of sp³-hybridized carbons (Fsp3) is 0.333. The quantitative estimate of drug-likeness (QED) is 0.695. The fourth-order valence-corrected chi connectivity index (χ4v) is 1.72. The number of rotatable bonds is 1. The topological polar surface area (TPSA) is 0 Å². The zero-order valence-corrected chi connectivity index (χ0v) is 7.81. The molecule has 1 aliphatic carbocycles. The molecule has 0 bridgehead atoms. The number of halogens is 3. The molecule has 12 heavy (non-hydrogen) atoms. The van der Waals surface area contributed by atoms with Crippen LogP contribution in [0.15, 0.2) is 28.7 Å². The molecular formula is C9H7BrF2. The highest BCUT2D eigenvalue weighted by Gasteiger charge is 2.57. The van der Waals surface area contributed by atoms with Gasteiger partial charge in [0.15, 0.2) is 0 Å². The molecule has 0 heterocycles. The molecule has 0 unspecified atom stereocenters. The van der Waals surface area contributed by atoms with Crippen LogP contribution in [-0.2, 0) is 0 Å². The first kappa shape index (κ1) is 8.17. The van der Waals surface area contributed by atoms with Crippen molar-refractivity contribution >= 4 is 15.9 Å². The monoisotopic (exact) mass is 232 g/mol. The zero-order valence-electron chi connectivity index (χ0n) is 6.23. The van der Waals surface area contributed by atoms with E-state index in [1.807, 2.05) is 6.07 Å². The molecular weight excluding hydrogens is 226 g/mol. The highest BCUT2D eigenvalue weighted by atomic mass is 79.9. The predicted molar refractivity (Wildman–Crippen MR) is 46.4 cm³/mol. The Bertz CT molecular complexity index is 309. The summed E-state index contributed by atoms with van der Waals surface area (Å²) in [6.45, 7) is 0. The van der Waals surface area contributed by atoms with E-state index in [2.05, 4.69) is 15.9 Å². The molecule has 0 nitrogen and oxygen atoms in total. The largest absolute Gasteiger partial charge is 0.255 e. The Balaban J connectivity index is 2.26. The standard InChI is InChI=1S/C9H7BrF2/c10-7-3-1-2-6(4-7)8-5-9(8,11)12/h1-4,8H,5H2/t8-/m1/s1. The van der Waals surface area contributed by atoms with E-state index in [0.717, 1.165) is 10.0 Å². The van der Waals surface area contributed by atoms with Gasteiger partial charge in [-0.15, -0.1) is 0 Å². The summed E-state index contributed by atoms with van der Waals surface area (Å²) in [5.74, 6) is -3.00. The Labute approximate surface area is 77.7 Å². The van der Waals surface area contributed by atoms with Crippen molar-refractivity contribution in [3.05, 3.63) is 34.3 Å². The second kappa shape index (κ2) is 2.52. The third kappa shape index (κ3) is 1.38. The van der Waals surface area contributed by atoms with E-state index in [0.29, 0.717) is 0 Å². The molecule has 3 heteroatoms. The Morgan fingerprint density at radius 1 is 1.42 bits per heavy atom. The normalized spacial score (nSPS) is 25.4. The molecule has 0 radical (unpaired) electrons. The van der Waals surface area contributed by atoms with Crippen molar-refractivity contribution in [2.24, 2.45) is 0 Å². The summed E-state index contributed by atoms with van der Waals surface area (Å²) < 4.78 is 26.1. The van der Waals surface area contributed by atoms with Crippen LogP contribution >= 0.6 is 15.9 Å². The van der Waals surface area contributed by atoms with Gasteiger partial charge in [0.25, 0.3) is 5.92 Å². The predicted octanol–water partition coefficient (Wildman–Crippen LogP) is 3.57. The van der Waals surface area contributed by atoms with E-state index in [-0.39, 0.29) is 6.42 Å². The third-order valence-corrected chi connectivity index (χ3v) is 2.57. The third-order valence-electron chi connectivity index (χ3n) is 2.08. The maximum absolute atomic E-state index is 12.6. The second-order valence-electron chi connectivity index (χ2n) is 3.07. The van der Waals surface area contributed by atoms with Crippen molar-refractivity contribution in [2.75, 3.05) is 0 Å². The molecule has 0 spiro atoms. The van der Waals surface area contributed by atoms with Crippen molar-refractivity contribution in [1.29, 1.82) is 0 Å². The molecule has 64 valence electrons. The van der Waals surface area contributed by atoms with Crippen LogP contribution in [0.1, 0.15) is 17.9 Å².